The Bertz CT molecular complexity index is 1270. The fraction of sp³-hybridized carbons (Fsp3) is 0.129. The van der Waals surface area contributed by atoms with Gasteiger partial charge in [-0.2, -0.15) is 5.26 Å². The van der Waals surface area contributed by atoms with Crippen LogP contribution in [0.3, 0.4) is 0 Å². The molecule has 0 aliphatic carbocycles. The number of nitrogens with one attached hydrogen (secondary N) is 1. The van der Waals surface area contributed by atoms with Crippen molar-refractivity contribution in [1.82, 2.24) is 5.32 Å². The number of nitrogens with zero attached hydrogens (tertiary/aromatic N) is 1. The molecule has 2 N–H and O–H groups in total. The molecule has 0 bridgehead atoms. The molecule has 5 nitrogen and oxygen atoms in total. The van der Waals surface area contributed by atoms with E-state index in [1.165, 1.54) is 0 Å². The summed E-state index contributed by atoms with van der Waals surface area (Å²) in [5.41, 5.74) is 3.10. The molecule has 0 saturated heterocycles. The molecule has 178 valence electrons. The maximum atomic E-state index is 13.6. The van der Waals surface area contributed by atoms with E-state index in [4.69, 9.17) is 5.26 Å². The van der Waals surface area contributed by atoms with Crippen LogP contribution in [0.2, 0.25) is 0 Å². The van der Waals surface area contributed by atoms with Gasteiger partial charge in [0.2, 0.25) is 5.91 Å². The number of hydrogen-bond acceptors (Lipinski definition) is 3. The molecule has 4 rings (SSSR count). The summed E-state index contributed by atoms with van der Waals surface area (Å²) in [5, 5.41) is 21.8. The Morgan fingerprint density at radius 1 is 0.778 bits per heavy atom. The molecule has 0 spiro atoms. The molecule has 1 amide bonds. The van der Waals surface area contributed by atoms with Gasteiger partial charge in [-0.1, -0.05) is 103 Å². The fourth-order valence-corrected chi connectivity index (χ4v) is 4.66. The van der Waals surface area contributed by atoms with Crippen LogP contribution in [0.1, 0.15) is 34.2 Å². The van der Waals surface area contributed by atoms with Crippen LogP contribution in [-0.2, 0) is 21.4 Å². The van der Waals surface area contributed by atoms with E-state index in [1.54, 1.807) is 24.3 Å². The van der Waals surface area contributed by atoms with Gasteiger partial charge >= 0.3 is 5.97 Å². The molecule has 4 aromatic rings. The van der Waals surface area contributed by atoms with Crippen LogP contribution in [0.5, 0.6) is 0 Å². The summed E-state index contributed by atoms with van der Waals surface area (Å²) in [6.07, 6.45) is 0.0959. The molecule has 0 aliphatic rings. The predicted molar refractivity (Wildman–Crippen MR) is 138 cm³/mol. The van der Waals surface area contributed by atoms with Crippen molar-refractivity contribution >= 4 is 11.9 Å². The molecular formula is C31H26N2O3. The largest absolute Gasteiger partial charge is 0.480 e. The lowest BCUT2D eigenvalue weighted by atomic mass is 9.67. The molecule has 0 saturated carbocycles. The maximum absolute atomic E-state index is 13.6. The minimum absolute atomic E-state index is 0.0209. The summed E-state index contributed by atoms with van der Waals surface area (Å²) in [4.78, 5) is 25.7. The van der Waals surface area contributed by atoms with Crippen molar-refractivity contribution < 1.29 is 14.7 Å². The van der Waals surface area contributed by atoms with Gasteiger partial charge in [0.1, 0.15) is 6.04 Å². The second-order valence-electron chi connectivity index (χ2n) is 8.65. The highest BCUT2D eigenvalue weighted by Crippen LogP contribution is 2.42. The molecule has 1 atom stereocenters. The first-order chi connectivity index (χ1) is 17.5. The van der Waals surface area contributed by atoms with Crippen molar-refractivity contribution in [1.29, 1.82) is 5.26 Å². The number of carbonyl (C=O) groups is 2. The van der Waals surface area contributed by atoms with Crippen molar-refractivity contribution in [2.45, 2.75) is 24.3 Å². The minimum atomic E-state index is -1.13. The van der Waals surface area contributed by atoms with Crippen LogP contribution in [0, 0.1) is 11.3 Å². The third-order valence-electron chi connectivity index (χ3n) is 6.35. The number of carbonyl (C=O) groups excluding carboxylic acids is 1. The topological polar surface area (TPSA) is 90.2 Å². The van der Waals surface area contributed by atoms with Gasteiger partial charge in [-0.05, 0) is 34.4 Å². The Balaban J connectivity index is 1.72. The Hall–Kier alpha value is -4.69. The standard InChI is InChI=1S/C31H26N2O3/c32-22-24-12-10-11-23(19-24)20-28(30(35)36)33-29(34)21-31(25-13-4-1-5-14-25,26-15-6-2-7-16-26)27-17-8-3-9-18-27/h1-19,28H,20-21H2,(H,33,34)(H,35,36)/t28-/m1/s1. The Morgan fingerprint density at radius 2 is 1.28 bits per heavy atom. The minimum Gasteiger partial charge on any atom is -0.480 e. The van der Waals surface area contributed by atoms with Gasteiger partial charge in [-0.3, -0.25) is 4.79 Å². The molecule has 0 radical (unpaired) electrons. The van der Waals surface area contributed by atoms with Crippen LogP contribution >= 0.6 is 0 Å². The van der Waals surface area contributed by atoms with E-state index < -0.39 is 17.4 Å². The molecule has 36 heavy (non-hydrogen) atoms. The Kier molecular flexibility index (Phi) is 7.57. The second-order valence-corrected chi connectivity index (χ2v) is 8.65. The summed E-state index contributed by atoms with van der Waals surface area (Å²) in [6, 6.07) is 37.1. The number of aliphatic carboxylic acids is 1. The van der Waals surface area contributed by atoms with E-state index >= 15 is 0 Å². The predicted octanol–water partition coefficient (Wildman–Crippen LogP) is 5.09. The van der Waals surface area contributed by atoms with Crippen LogP contribution in [0.4, 0.5) is 0 Å². The summed E-state index contributed by atoms with van der Waals surface area (Å²) in [7, 11) is 0. The van der Waals surface area contributed by atoms with Crippen molar-refractivity contribution in [2.75, 3.05) is 0 Å². The van der Waals surface area contributed by atoms with E-state index in [0.717, 1.165) is 16.7 Å². The smallest absolute Gasteiger partial charge is 0.326 e. The summed E-state index contributed by atoms with van der Waals surface area (Å²) in [5.74, 6) is -1.51. The lowest BCUT2D eigenvalue weighted by molar-refractivity contribution is -0.141. The molecule has 0 aromatic heterocycles. The van der Waals surface area contributed by atoms with Gasteiger partial charge in [0, 0.05) is 12.8 Å². The number of nitriles is 1. The van der Waals surface area contributed by atoms with Gasteiger partial charge in [0.15, 0.2) is 0 Å². The van der Waals surface area contributed by atoms with Crippen LogP contribution in [0.25, 0.3) is 0 Å². The van der Waals surface area contributed by atoms with E-state index in [1.807, 2.05) is 91.0 Å². The van der Waals surface area contributed by atoms with Crippen molar-refractivity contribution in [3.05, 3.63) is 143 Å². The first kappa shape index (κ1) is 24.4. The SMILES string of the molecule is N#Cc1cccc(C[C@@H](NC(=O)CC(c2ccccc2)(c2ccccc2)c2ccccc2)C(=O)O)c1. The van der Waals surface area contributed by atoms with Crippen molar-refractivity contribution in [2.24, 2.45) is 0 Å². The van der Waals surface area contributed by atoms with Gasteiger partial charge in [0.25, 0.3) is 0 Å². The maximum Gasteiger partial charge on any atom is 0.326 e. The molecular weight excluding hydrogens is 448 g/mol. The highest BCUT2D eigenvalue weighted by molar-refractivity contribution is 5.85. The number of carboxylic acid groups (broad SMARTS) is 1. The molecule has 0 aliphatic heterocycles. The summed E-state index contributed by atoms with van der Waals surface area (Å²) >= 11 is 0. The Morgan fingerprint density at radius 3 is 1.72 bits per heavy atom. The highest BCUT2D eigenvalue weighted by atomic mass is 16.4. The lowest BCUT2D eigenvalue weighted by Crippen LogP contribution is -2.45. The molecule has 5 heteroatoms. The van der Waals surface area contributed by atoms with Gasteiger partial charge in [-0.15, -0.1) is 0 Å². The van der Waals surface area contributed by atoms with Crippen molar-refractivity contribution in [3.63, 3.8) is 0 Å². The quantitative estimate of drug-likeness (QED) is 0.331. The first-order valence-corrected chi connectivity index (χ1v) is 11.7. The zero-order chi connectivity index (χ0) is 25.4. The number of carboxylic acids is 1. The first-order valence-electron chi connectivity index (χ1n) is 11.7. The average Bonchev–Trinajstić information content (AvgIpc) is 2.93. The lowest BCUT2D eigenvalue weighted by Gasteiger charge is -2.36. The summed E-state index contributed by atoms with van der Waals surface area (Å²) in [6.45, 7) is 0. The number of amides is 1. The van der Waals surface area contributed by atoms with Crippen LogP contribution in [0.15, 0.2) is 115 Å². The van der Waals surface area contributed by atoms with E-state index in [0.29, 0.717) is 11.1 Å². The van der Waals surface area contributed by atoms with E-state index in [2.05, 4.69) is 11.4 Å². The second kappa shape index (κ2) is 11.2. The normalized spacial score (nSPS) is 11.8. The summed E-state index contributed by atoms with van der Waals surface area (Å²) < 4.78 is 0. The van der Waals surface area contributed by atoms with Crippen LogP contribution < -0.4 is 5.32 Å². The van der Waals surface area contributed by atoms with Gasteiger partial charge in [-0.25, -0.2) is 4.79 Å². The zero-order valence-corrected chi connectivity index (χ0v) is 19.7. The molecule has 0 fully saturated rings. The fourth-order valence-electron chi connectivity index (χ4n) is 4.66. The van der Waals surface area contributed by atoms with Gasteiger partial charge < -0.3 is 10.4 Å². The van der Waals surface area contributed by atoms with Crippen molar-refractivity contribution in [3.8, 4) is 6.07 Å². The average molecular weight is 475 g/mol. The molecule has 4 aromatic carbocycles. The molecule has 0 unspecified atom stereocenters. The van der Waals surface area contributed by atoms with Gasteiger partial charge in [0.05, 0.1) is 17.0 Å². The molecule has 0 heterocycles. The van der Waals surface area contributed by atoms with E-state index in [-0.39, 0.29) is 18.7 Å². The monoisotopic (exact) mass is 474 g/mol. The number of rotatable bonds is 9. The third-order valence-corrected chi connectivity index (χ3v) is 6.35. The highest BCUT2D eigenvalue weighted by Gasteiger charge is 2.39. The number of benzene rings is 4. The zero-order valence-electron chi connectivity index (χ0n) is 19.7. The third kappa shape index (κ3) is 5.34. The van der Waals surface area contributed by atoms with Crippen LogP contribution in [-0.4, -0.2) is 23.0 Å². The number of hydrogen-bond donors (Lipinski definition) is 2. The van der Waals surface area contributed by atoms with E-state index in [9.17, 15) is 14.7 Å². The Labute approximate surface area is 210 Å².